The van der Waals surface area contributed by atoms with Gasteiger partial charge in [0.1, 0.15) is 11.5 Å². The van der Waals surface area contributed by atoms with Crippen molar-refractivity contribution < 1.29 is 4.74 Å². The van der Waals surface area contributed by atoms with Gasteiger partial charge in [0.25, 0.3) is 0 Å². The Morgan fingerprint density at radius 3 is 1.62 bits per heavy atom. The first kappa shape index (κ1) is 11.8. The lowest BCUT2D eigenvalue weighted by molar-refractivity contribution is 0.333. The van der Waals surface area contributed by atoms with E-state index in [1.54, 1.807) is 12.2 Å². The summed E-state index contributed by atoms with van der Waals surface area (Å²) in [6.07, 6.45) is 9.27. The fraction of sp³-hybridized carbons (Fsp3) is 0.333. The zero-order valence-corrected chi connectivity index (χ0v) is 8.55. The molecule has 0 rings (SSSR count). The molecule has 0 saturated heterocycles. The van der Waals surface area contributed by atoms with Gasteiger partial charge in [-0.25, -0.2) is 0 Å². The Kier molecular flexibility index (Phi) is 6.70. The minimum Gasteiger partial charge on any atom is -0.458 e. The van der Waals surface area contributed by atoms with Crippen molar-refractivity contribution in [3.8, 4) is 0 Å². The summed E-state index contributed by atoms with van der Waals surface area (Å²) >= 11 is 0. The quantitative estimate of drug-likeness (QED) is 0.442. The lowest BCUT2D eigenvalue weighted by Gasteiger charge is -2.06. The second kappa shape index (κ2) is 7.41. The molecule has 0 amide bonds. The van der Waals surface area contributed by atoms with Gasteiger partial charge in [-0.2, -0.15) is 0 Å². The lowest BCUT2D eigenvalue weighted by atomic mass is 10.3. The number of hydrogen-bond donors (Lipinski definition) is 0. The second-order valence-corrected chi connectivity index (χ2v) is 2.54. The van der Waals surface area contributed by atoms with E-state index in [4.69, 9.17) is 4.74 Å². The van der Waals surface area contributed by atoms with Gasteiger partial charge in [-0.1, -0.05) is 27.0 Å². The fourth-order valence-electron chi connectivity index (χ4n) is 0.872. The maximum absolute atomic E-state index is 5.52. The van der Waals surface area contributed by atoms with Crippen molar-refractivity contribution in [3.63, 3.8) is 0 Å². The van der Waals surface area contributed by atoms with E-state index in [1.807, 2.05) is 12.2 Å². The lowest BCUT2D eigenvalue weighted by Crippen LogP contribution is -1.87. The molecule has 0 aromatic rings. The average molecular weight is 178 g/mol. The predicted molar refractivity (Wildman–Crippen MR) is 58.2 cm³/mol. The van der Waals surface area contributed by atoms with Crippen molar-refractivity contribution in [2.24, 2.45) is 0 Å². The van der Waals surface area contributed by atoms with Crippen LogP contribution in [0.2, 0.25) is 0 Å². The molecule has 0 aromatic heterocycles. The summed E-state index contributed by atoms with van der Waals surface area (Å²) in [5.74, 6) is 1.59. The van der Waals surface area contributed by atoms with Gasteiger partial charge >= 0.3 is 0 Å². The molecule has 72 valence electrons. The highest BCUT2D eigenvalue weighted by molar-refractivity contribution is 5.17. The Balaban J connectivity index is 4.36. The van der Waals surface area contributed by atoms with Crippen LogP contribution in [0.15, 0.2) is 49.0 Å². The second-order valence-electron chi connectivity index (χ2n) is 2.54. The van der Waals surface area contributed by atoms with E-state index in [0.29, 0.717) is 0 Å². The van der Waals surface area contributed by atoms with Crippen LogP contribution in [0.1, 0.15) is 26.7 Å². The third-order valence-corrected chi connectivity index (χ3v) is 1.45. The number of hydrogen-bond acceptors (Lipinski definition) is 1. The van der Waals surface area contributed by atoms with Crippen LogP contribution in [0.5, 0.6) is 0 Å². The van der Waals surface area contributed by atoms with Crippen molar-refractivity contribution >= 4 is 0 Å². The van der Waals surface area contributed by atoms with Crippen LogP contribution in [-0.2, 0) is 4.74 Å². The molecular weight excluding hydrogens is 160 g/mol. The van der Waals surface area contributed by atoms with E-state index < -0.39 is 0 Å². The summed E-state index contributed by atoms with van der Waals surface area (Å²) in [6, 6.07) is 0. The Hall–Kier alpha value is -1.24. The van der Waals surface area contributed by atoms with Gasteiger partial charge in [-0.3, -0.25) is 0 Å². The summed E-state index contributed by atoms with van der Waals surface area (Å²) < 4.78 is 5.52. The molecule has 0 aliphatic heterocycles. The van der Waals surface area contributed by atoms with Crippen LogP contribution in [0.3, 0.4) is 0 Å². The normalized spacial score (nSPS) is 12.5. The first-order chi connectivity index (χ1) is 6.28. The van der Waals surface area contributed by atoms with E-state index in [1.165, 1.54) is 0 Å². The van der Waals surface area contributed by atoms with Crippen molar-refractivity contribution in [2.75, 3.05) is 0 Å². The molecule has 0 saturated carbocycles. The molecule has 1 nitrogen and oxygen atoms in total. The molecule has 1 heteroatoms. The molecule has 0 aromatic carbocycles. The van der Waals surface area contributed by atoms with Crippen LogP contribution in [0.25, 0.3) is 0 Å². The third-order valence-electron chi connectivity index (χ3n) is 1.45. The number of rotatable bonds is 6. The maximum atomic E-state index is 5.52. The van der Waals surface area contributed by atoms with Crippen molar-refractivity contribution in [2.45, 2.75) is 26.7 Å². The summed E-state index contributed by atoms with van der Waals surface area (Å²) in [5.41, 5.74) is 0. The van der Waals surface area contributed by atoms with E-state index in [9.17, 15) is 0 Å². The summed E-state index contributed by atoms with van der Waals surface area (Å²) in [7, 11) is 0. The van der Waals surface area contributed by atoms with Gasteiger partial charge in [0.05, 0.1) is 0 Å². The SMILES string of the molecule is C=CC(=CCC)OC(C=C)=CCC. The minimum absolute atomic E-state index is 0.794. The van der Waals surface area contributed by atoms with Gasteiger partial charge in [-0.15, -0.1) is 0 Å². The van der Waals surface area contributed by atoms with Gasteiger partial charge in [0, 0.05) is 0 Å². The van der Waals surface area contributed by atoms with Crippen molar-refractivity contribution in [1.82, 2.24) is 0 Å². The van der Waals surface area contributed by atoms with Crippen LogP contribution in [0.4, 0.5) is 0 Å². The Labute approximate surface area is 81.1 Å². The number of allylic oxidation sites excluding steroid dienone is 4. The van der Waals surface area contributed by atoms with Crippen LogP contribution in [0, 0.1) is 0 Å². The predicted octanol–water partition coefficient (Wildman–Crippen LogP) is 3.96. The first-order valence-electron chi connectivity index (χ1n) is 4.61. The maximum Gasteiger partial charge on any atom is 0.122 e. The molecule has 0 heterocycles. The zero-order valence-electron chi connectivity index (χ0n) is 8.55. The molecule has 0 unspecified atom stereocenters. The molecular formula is C12H18O. The molecule has 0 spiro atoms. The van der Waals surface area contributed by atoms with Gasteiger partial charge < -0.3 is 4.74 Å². The monoisotopic (exact) mass is 178 g/mol. The molecule has 13 heavy (non-hydrogen) atoms. The summed E-state index contributed by atoms with van der Waals surface area (Å²) in [4.78, 5) is 0. The molecule has 0 fully saturated rings. The topological polar surface area (TPSA) is 9.23 Å². The highest BCUT2D eigenvalue weighted by atomic mass is 16.5. The molecule has 0 aliphatic rings. The largest absolute Gasteiger partial charge is 0.458 e. The molecule has 0 atom stereocenters. The van der Waals surface area contributed by atoms with Gasteiger partial charge in [0.2, 0.25) is 0 Å². The number of ether oxygens (including phenoxy) is 1. The molecule has 0 bridgehead atoms. The van der Waals surface area contributed by atoms with Gasteiger partial charge in [-0.05, 0) is 37.1 Å². The Morgan fingerprint density at radius 2 is 1.38 bits per heavy atom. The fourth-order valence-corrected chi connectivity index (χ4v) is 0.872. The summed E-state index contributed by atoms with van der Waals surface area (Å²) in [5, 5.41) is 0. The standard InChI is InChI=1S/C12H18O/c1-5-9-11(7-3)13-12(8-4)10-6-2/h7-10H,3-6H2,1-2H3. The highest BCUT2D eigenvalue weighted by Gasteiger charge is 1.94. The van der Waals surface area contributed by atoms with Crippen molar-refractivity contribution in [1.29, 1.82) is 0 Å². The Bertz CT molecular complexity index is 197. The highest BCUT2D eigenvalue weighted by Crippen LogP contribution is 2.09. The van der Waals surface area contributed by atoms with E-state index >= 15 is 0 Å². The zero-order chi connectivity index (χ0) is 10.1. The van der Waals surface area contributed by atoms with Crippen LogP contribution in [-0.4, -0.2) is 0 Å². The van der Waals surface area contributed by atoms with E-state index in [-0.39, 0.29) is 0 Å². The molecule has 0 aliphatic carbocycles. The molecule has 0 radical (unpaired) electrons. The summed E-state index contributed by atoms with van der Waals surface area (Å²) in [6.45, 7) is 11.5. The van der Waals surface area contributed by atoms with Crippen LogP contribution < -0.4 is 0 Å². The van der Waals surface area contributed by atoms with Crippen LogP contribution >= 0.6 is 0 Å². The van der Waals surface area contributed by atoms with Crippen molar-refractivity contribution in [3.05, 3.63) is 49.0 Å². The van der Waals surface area contributed by atoms with Gasteiger partial charge in [0.15, 0.2) is 0 Å². The molecule has 0 N–H and O–H groups in total. The third kappa shape index (κ3) is 5.07. The average Bonchev–Trinajstić information content (AvgIpc) is 2.16. The Morgan fingerprint density at radius 1 is 1.00 bits per heavy atom. The van der Waals surface area contributed by atoms with E-state index in [2.05, 4.69) is 27.0 Å². The smallest absolute Gasteiger partial charge is 0.122 e. The minimum atomic E-state index is 0.794. The van der Waals surface area contributed by atoms with E-state index in [0.717, 1.165) is 24.4 Å². The first-order valence-corrected chi connectivity index (χ1v) is 4.61.